The van der Waals surface area contributed by atoms with Crippen LogP contribution >= 0.6 is 0 Å². The molecule has 1 unspecified atom stereocenters. The van der Waals surface area contributed by atoms with Crippen LogP contribution < -0.4 is 0 Å². The number of aliphatic hydroxyl groups excluding tert-OH is 1. The molecule has 0 heterocycles. The molecule has 0 saturated heterocycles. The normalized spacial score (nSPS) is 62.0. The number of rotatable bonds is 5. The quantitative estimate of drug-likeness (QED) is 0.151. The summed E-state index contributed by atoms with van der Waals surface area (Å²) in [6.07, 6.45) is 32.7. The first-order chi connectivity index (χ1) is 58.5. The molecule has 0 aliphatic heterocycles. The van der Waals surface area contributed by atoms with Gasteiger partial charge in [-0.15, -0.1) is 0 Å². The lowest BCUT2D eigenvalue weighted by atomic mass is 9.44. The van der Waals surface area contributed by atoms with Crippen LogP contribution in [0.1, 0.15) is 405 Å². The predicted molar refractivity (Wildman–Crippen MR) is 471 cm³/mol. The molecule has 20 aliphatic carbocycles. The van der Waals surface area contributed by atoms with E-state index in [1.54, 1.807) is 34.6 Å². The molecule has 20 saturated carbocycles. The maximum atomic E-state index is 13.3. The summed E-state index contributed by atoms with van der Waals surface area (Å²) in [5.41, 5.74) is -1.97. The maximum Gasteiger partial charge on any atom is 0.137 e. The Morgan fingerprint density at radius 1 is 0.294 bits per heavy atom. The van der Waals surface area contributed by atoms with Gasteiger partial charge in [0.1, 0.15) is 34.7 Å². The first kappa shape index (κ1) is 80.1. The van der Waals surface area contributed by atoms with Gasteiger partial charge in [-0.2, -0.15) is 0 Å². The third-order valence-corrected chi connectivity index (χ3v) is 43.9. The topological polar surface area (TPSA) is 224 Å². The van der Waals surface area contributed by atoms with Gasteiger partial charge in [-0.3, -0.25) is 28.8 Å². The molecule has 0 bridgehead atoms. The molecule has 0 radical (unpaired) electrons. The molecular weight excluding hydrogens is 1480 g/mol. The van der Waals surface area contributed by atoms with E-state index in [1.165, 1.54) is 12.8 Å². The van der Waals surface area contributed by atoms with Crippen LogP contribution in [0.15, 0.2) is 0 Å². The lowest BCUT2D eigenvalue weighted by molar-refractivity contribution is -0.178. The summed E-state index contributed by atoms with van der Waals surface area (Å²) >= 11 is 0. The van der Waals surface area contributed by atoms with E-state index in [2.05, 4.69) is 69.2 Å². The van der Waals surface area contributed by atoms with E-state index < -0.39 is 58.9 Å². The average molecular weight is 1660 g/mol. The van der Waals surface area contributed by atoms with E-state index in [0.717, 1.165) is 193 Å². The van der Waals surface area contributed by atoms with Gasteiger partial charge in [-0.05, 0) is 485 Å². The zero-order valence-electron chi connectivity index (χ0n) is 85.7. The van der Waals surface area contributed by atoms with E-state index in [9.17, 15) is 62.1 Å². The molecule has 12 heteroatoms. The summed E-state index contributed by atoms with van der Waals surface area (Å²) in [5, 5.41) is 63.2. The van der Waals surface area contributed by atoms with Crippen LogP contribution in [0.5, 0.6) is 0 Å². The zero-order chi connectivity index (χ0) is 93.0. The Bertz CT molecular complexity index is 4160. The third-order valence-electron chi connectivity index (χ3n) is 43.9. The minimum absolute atomic E-state index is 0.0229. The van der Waals surface area contributed by atoms with Gasteiger partial charge in [-0.25, -0.2) is 0 Å². The zero-order valence-corrected chi connectivity index (χ0v) is 77.7. The van der Waals surface area contributed by atoms with Gasteiger partial charge in [0.25, 0.3) is 0 Å². The summed E-state index contributed by atoms with van der Waals surface area (Å²) in [7, 11) is 0. The molecule has 0 aromatic heterocycles. The summed E-state index contributed by atoms with van der Waals surface area (Å²) in [4.78, 5) is 74.6. The van der Waals surface area contributed by atoms with Crippen LogP contribution in [0.4, 0.5) is 0 Å². The molecule has 119 heavy (non-hydrogen) atoms. The number of Topliss-reactive ketones (excluding diaryl/α,β-unsaturated/α-hetero) is 6. The van der Waals surface area contributed by atoms with Gasteiger partial charge >= 0.3 is 0 Å². The van der Waals surface area contributed by atoms with Crippen molar-refractivity contribution in [1.82, 2.24) is 0 Å². The van der Waals surface area contributed by atoms with Gasteiger partial charge in [0, 0.05) is 48.7 Å². The molecule has 0 aromatic rings. The van der Waals surface area contributed by atoms with Crippen molar-refractivity contribution in [2.75, 3.05) is 0 Å². The molecule has 0 spiro atoms. The van der Waals surface area contributed by atoms with Crippen LogP contribution in [0.25, 0.3) is 0 Å². The Labute approximate surface area is 732 Å². The molecule has 0 aromatic carbocycles. The fraction of sp³-hybridized carbons (Fsp3) is 0.944. The van der Waals surface area contributed by atoms with Gasteiger partial charge in [0.05, 0.1) is 39.7 Å². The fourth-order valence-corrected chi connectivity index (χ4v) is 37.8. The molecule has 20 aliphatic rings. The Morgan fingerprint density at radius 3 is 1.09 bits per heavy atom. The second-order valence-corrected chi connectivity index (χ2v) is 49.3. The number of fused-ring (bicyclic) bond motifs is 25. The summed E-state index contributed by atoms with van der Waals surface area (Å²) in [6.45, 7) is 35.0. The SMILES string of the molecule is [2H][C@@]1(O)CC[C@@]2(C)[C@@H](CC[C@H]3[C@@H]4CC[C@H](C(C)=O)[C@@]4(C)CC(=O)[C@@H]32)C1.[2H][C@@]1(O)CC[C@@]2(C)[C@@H](CC[C@H]3[C@@H]4CC[C@H](C(C)=O)[C@@]4(C)CC(O)[C@@H]32)C1.[2H][C@@]1(O)CC[C@]2(C)[C@H]3CC[C@@]4(C)[C@@H](CC[C@]4([2H])C(C)=O)[C@@H]3CC[C@]2([2H])C1.[2H][C@@]12CC[C@H]3[C@@H]4CC[C@H](C(C)=O)[C@@]4(C)CC[C@@H]3[C@@]1(C)CC[C@@](C)(O)C2.[2H][C@@]12CC[C@H]3[C@@H]4CC[C@]([2H])(C(C)=O)[C@@]4(C)CC[C@@H]3[C@@]1(C)CC[C@@](C)(O)C2. The number of hydrogen-bond donors (Lipinski definition) is 6. The smallest absolute Gasteiger partial charge is 0.137 e. The molecular formula is C107H172O12. The van der Waals surface area contributed by atoms with Crippen molar-refractivity contribution in [2.24, 2.45) is 202 Å². The number of carbonyl (C=O) groups is 6. The Morgan fingerprint density at radius 2 is 0.630 bits per heavy atom. The maximum absolute atomic E-state index is 13.3. The first-order valence-corrected chi connectivity index (χ1v) is 49.8. The van der Waals surface area contributed by atoms with E-state index in [1.807, 2.05) is 13.8 Å². The van der Waals surface area contributed by atoms with E-state index in [-0.39, 0.29) is 120 Å². The summed E-state index contributed by atoms with van der Waals surface area (Å²) in [6, 6.07) is 0. The standard InChI is InChI=1S/2C22H36O2.C21H34O3.C21H32O3.C21H34O2/c2*1-14(23)17-7-8-18-16-6-5-15-13-20(2,24)11-12-21(15,3)19(16)9-10-22(17,18)4;2*1-12(22)16-6-7-17-15-5-4-13-10-14(23)8-9-20(13,2)19(15)18(24)11-21(16,17)3;1-13(22)17-6-7-18-16-5-4-14-12-15(23)8-10-20(14,2)19(16)9-11-21(17,18)3/h2*15-19,24H,5-13H2,1-4H3;13-19,23-24H,4-11H2,1-3H3;13-17,19,23H,4-11H2,1-3H3;14-19,23H,4-12H2,1-3H3/t2*15-,16-,17+,18-,19-,20+,21-,22+;13-,14+,15-,16+,17-,18?,19+,20-,21+;13-,14+,15-,16+,17-,19+,20-,21+;14-,15-,16+,17-,18+,19+,20+,21-/m00001/s1/i15D,17D;15D;2*14D;14D,15D,17D. The molecule has 20 fully saturated rings. The van der Waals surface area contributed by atoms with Gasteiger partial charge in [0.15, 0.2) is 0 Å². The second-order valence-electron chi connectivity index (χ2n) is 49.3. The van der Waals surface area contributed by atoms with Crippen molar-refractivity contribution in [2.45, 2.75) is 429 Å². The largest absolute Gasteiger partial charge is 0.393 e. The number of hydrogen-bond acceptors (Lipinski definition) is 12. The minimum atomic E-state index is -1.45. The molecule has 41 atom stereocenters. The van der Waals surface area contributed by atoms with Crippen LogP contribution in [-0.2, 0) is 28.8 Å². The highest BCUT2D eigenvalue weighted by Gasteiger charge is 2.69. The lowest BCUT2D eigenvalue weighted by Gasteiger charge is -2.62. The van der Waals surface area contributed by atoms with Crippen molar-refractivity contribution in [3.05, 3.63) is 0 Å². The van der Waals surface area contributed by atoms with Crippen LogP contribution in [0.3, 0.4) is 0 Å². The molecule has 672 valence electrons. The second kappa shape index (κ2) is 32.2. The Kier molecular flexibility index (Phi) is 21.7. The van der Waals surface area contributed by atoms with E-state index >= 15 is 0 Å². The highest BCUT2D eigenvalue weighted by Crippen LogP contribution is 2.75. The average Bonchev–Trinajstić information content (AvgIpc) is 1.65. The molecule has 6 N–H and O–H groups in total. The highest BCUT2D eigenvalue weighted by molar-refractivity contribution is 5.87. The fourth-order valence-electron chi connectivity index (χ4n) is 37.8. The van der Waals surface area contributed by atoms with Gasteiger partial charge in [0.2, 0.25) is 0 Å². The van der Waals surface area contributed by atoms with Gasteiger partial charge in [-0.1, -0.05) is 69.2 Å². The molecule has 0 amide bonds. The summed E-state index contributed by atoms with van der Waals surface area (Å²) < 4.78 is 69.9. The number of aliphatic hydroxyl groups is 6. The molecule has 12 nitrogen and oxygen atoms in total. The monoisotopic (exact) mass is 1660 g/mol. The van der Waals surface area contributed by atoms with Crippen molar-refractivity contribution in [3.63, 3.8) is 0 Å². The van der Waals surface area contributed by atoms with E-state index in [0.29, 0.717) is 164 Å². The van der Waals surface area contributed by atoms with Crippen LogP contribution in [0, 0.1) is 202 Å². The van der Waals surface area contributed by atoms with Crippen LogP contribution in [0.2, 0.25) is 0 Å². The minimum Gasteiger partial charge on any atom is -0.393 e. The van der Waals surface area contributed by atoms with Gasteiger partial charge < -0.3 is 30.6 Å². The number of ketones is 6. The molecule has 20 rings (SSSR count). The Balaban J connectivity index is 0.000000117. The highest BCUT2D eigenvalue weighted by atomic mass is 16.3. The van der Waals surface area contributed by atoms with E-state index in [4.69, 9.17) is 8.22 Å². The third kappa shape index (κ3) is 14.8. The Hall–Kier alpha value is -2.22. The van der Waals surface area contributed by atoms with Crippen LogP contribution in [-0.4, -0.2) is 101 Å². The predicted octanol–water partition coefficient (Wildman–Crippen LogP) is 21.9. The van der Waals surface area contributed by atoms with Crippen molar-refractivity contribution in [3.8, 4) is 0 Å². The lowest BCUT2D eigenvalue weighted by Crippen LogP contribution is -2.59. The summed E-state index contributed by atoms with van der Waals surface area (Å²) in [5.74, 6) is 5.95. The first-order valence-electron chi connectivity index (χ1n) is 53.8. The van der Waals surface area contributed by atoms with Crippen molar-refractivity contribution < 1.29 is 70.4 Å². The van der Waals surface area contributed by atoms with Crippen molar-refractivity contribution in [1.29, 1.82) is 0 Å². The number of carbonyl (C=O) groups excluding carboxylic acids is 6. The van der Waals surface area contributed by atoms with Crippen molar-refractivity contribution >= 4 is 34.7 Å².